The Hall–Kier alpha value is -2.28. The summed E-state index contributed by atoms with van der Waals surface area (Å²) < 4.78 is 10.8. The highest BCUT2D eigenvalue weighted by Crippen LogP contribution is 2.23. The van der Waals surface area contributed by atoms with Gasteiger partial charge < -0.3 is 25.0 Å². The summed E-state index contributed by atoms with van der Waals surface area (Å²) in [6.07, 6.45) is 0.248. The molecule has 0 spiro atoms. The van der Waals surface area contributed by atoms with Gasteiger partial charge in [-0.1, -0.05) is 18.2 Å². The van der Waals surface area contributed by atoms with E-state index < -0.39 is 6.04 Å². The molecule has 1 aliphatic heterocycles. The van der Waals surface area contributed by atoms with Gasteiger partial charge in [0.15, 0.2) is 0 Å². The molecule has 132 valence electrons. The van der Waals surface area contributed by atoms with Crippen LogP contribution >= 0.6 is 0 Å². The lowest BCUT2D eigenvalue weighted by molar-refractivity contribution is -0.124. The Morgan fingerprint density at radius 1 is 1.25 bits per heavy atom. The second-order valence-corrected chi connectivity index (χ2v) is 5.58. The largest absolute Gasteiger partial charge is 0.488 e. The van der Waals surface area contributed by atoms with Crippen LogP contribution in [-0.4, -0.2) is 62.3 Å². The number of methoxy groups -OCH3 is 1. The summed E-state index contributed by atoms with van der Waals surface area (Å²) in [6.45, 7) is 3.59. The molecule has 24 heavy (non-hydrogen) atoms. The van der Waals surface area contributed by atoms with Gasteiger partial charge >= 0.3 is 6.03 Å². The van der Waals surface area contributed by atoms with Crippen molar-refractivity contribution in [2.75, 3.05) is 33.4 Å². The number of hydrogen-bond acceptors (Lipinski definition) is 4. The molecule has 0 radical (unpaired) electrons. The van der Waals surface area contributed by atoms with Crippen molar-refractivity contribution >= 4 is 11.9 Å². The average Bonchev–Trinajstić information content (AvgIpc) is 3.00. The van der Waals surface area contributed by atoms with Crippen molar-refractivity contribution in [1.29, 1.82) is 0 Å². The Bertz CT molecular complexity index is 538. The highest BCUT2D eigenvalue weighted by atomic mass is 16.5. The van der Waals surface area contributed by atoms with Gasteiger partial charge in [0, 0.05) is 26.6 Å². The number of hydrogen-bond donors (Lipinski definition) is 2. The number of amides is 3. The van der Waals surface area contributed by atoms with Crippen LogP contribution in [0.1, 0.15) is 13.3 Å². The van der Waals surface area contributed by atoms with Crippen LogP contribution < -0.4 is 15.4 Å². The first-order chi connectivity index (χ1) is 11.7. The van der Waals surface area contributed by atoms with Crippen LogP contribution in [0.25, 0.3) is 0 Å². The number of likely N-dealkylation sites (tertiary alicyclic amines) is 1. The fourth-order valence-electron chi connectivity index (χ4n) is 2.69. The van der Waals surface area contributed by atoms with E-state index >= 15 is 0 Å². The molecule has 1 aromatic carbocycles. The summed E-state index contributed by atoms with van der Waals surface area (Å²) in [5.41, 5.74) is 0. The van der Waals surface area contributed by atoms with Crippen LogP contribution in [0.5, 0.6) is 5.75 Å². The summed E-state index contributed by atoms with van der Waals surface area (Å²) in [5, 5.41) is 5.55. The Morgan fingerprint density at radius 2 is 2.00 bits per heavy atom. The lowest BCUT2D eigenvalue weighted by Gasteiger charge is -2.23. The molecule has 0 unspecified atom stereocenters. The van der Waals surface area contributed by atoms with Crippen LogP contribution in [0.3, 0.4) is 0 Å². The smallest absolute Gasteiger partial charge is 0.318 e. The molecule has 0 bridgehead atoms. The molecular weight excluding hydrogens is 310 g/mol. The molecule has 2 atom stereocenters. The maximum Gasteiger partial charge on any atom is 0.318 e. The molecule has 0 saturated carbocycles. The van der Waals surface area contributed by atoms with Crippen LogP contribution in [0.15, 0.2) is 30.3 Å². The van der Waals surface area contributed by atoms with Crippen LogP contribution in [-0.2, 0) is 9.53 Å². The van der Waals surface area contributed by atoms with E-state index in [1.54, 1.807) is 12.0 Å². The van der Waals surface area contributed by atoms with E-state index in [0.717, 1.165) is 5.75 Å². The topological polar surface area (TPSA) is 79.9 Å². The maximum atomic E-state index is 12.4. The fourth-order valence-corrected chi connectivity index (χ4v) is 2.69. The van der Waals surface area contributed by atoms with Gasteiger partial charge in [0.2, 0.25) is 5.91 Å². The second-order valence-electron chi connectivity index (χ2n) is 5.58. The molecule has 2 N–H and O–H groups in total. The lowest BCUT2D eigenvalue weighted by atomic mass is 10.2. The first kappa shape index (κ1) is 18.1. The summed E-state index contributed by atoms with van der Waals surface area (Å²) >= 11 is 0. The number of urea groups is 1. The first-order valence-corrected chi connectivity index (χ1v) is 8.18. The molecule has 1 saturated heterocycles. The Labute approximate surface area is 142 Å². The number of benzene rings is 1. The van der Waals surface area contributed by atoms with Crippen molar-refractivity contribution in [3.63, 3.8) is 0 Å². The van der Waals surface area contributed by atoms with Crippen molar-refractivity contribution in [2.45, 2.75) is 25.5 Å². The van der Waals surface area contributed by atoms with E-state index in [1.165, 1.54) is 0 Å². The zero-order chi connectivity index (χ0) is 17.4. The van der Waals surface area contributed by atoms with Gasteiger partial charge in [-0.25, -0.2) is 4.79 Å². The van der Waals surface area contributed by atoms with Gasteiger partial charge in [-0.05, 0) is 19.1 Å². The monoisotopic (exact) mass is 335 g/mol. The van der Waals surface area contributed by atoms with Gasteiger partial charge in [0.25, 0.3) is 0 Å². The molecular formula is C17H25N3O4. The molecule has 1 aromatic rings. The van der Waals surface area contributed by atoms with Crippen molar-refractivity contribution in [3.8, 4) is 5.75 Å². The molecule has 0 aromatic heterocycles. The van der Waals surface area contributed by atoms with Crippen molar-refractivity contribution in [3.05, 3.63) is 30.3 Å². The summed E-state index contributed by atoms with van der Waals surface area (Å²) in [4.78, 5) is 26.2. The third-order valence-corrected chi connectivity index (χ3v) is 3.81. The molecule has 7 heteroatoms. The molecule has 1 heterocycles. The minimum absolute atomic E-state index is 0.183. The van der Waals surface area contributed by atoms with E-state index in [4.69, 9.17) is 9.47 Å². The second kappa shape index (κ2) is 9.12. The normalized spacial score (nSPS) is 19.8. The number of carbonyl (C=O) groups excluding carboxylic acids is 2. The van der Waals surface area contributed by atoms with Gasteiger partial charge in [0.05, 0.1) is 13.2 Å². The number of ether oxygens (including phenoxy) is 2. The van der Waals surface area contributed by atoms with Gasteiger partial charge in [-0.15, -0.1) is 0 Å². The molecule has 7 nitrogen and oxygen atoms in total. The minimum atomic E-state index is -0.540. The van der Waals surface area contributed by atoms with Gasteiger partial charge in [0.1, 0.15) is 17.9 Å². The minimum Gasteiger partial charge on any atom is -0.488 e. The number of rotatable bonds is 7. The van der Waals surface area contributed by atoms with Crippen LogP contribution in [0, 0.1) is 0 Å². The Kier molecular flexibility index (Phi) is 6.87. The third-order valence-electron chi connectivity index (χ3n) is 3.81. The Morgan fingerprint density at radius 3 is 2.67 bits per heavy atom. The highest BCUT2D eigenvalue weighted by molar-refractivity contribution is 5.87. The number of carbonyl (C=O) groups is 2. The van der Waals surface area contributed by atoms with E-state index in [0.29, 0.717) is 32.7 Å². The van der Waals surface area contributed by atoms with E-state index in [2.05, 4.69) is 10.6 Å². The van der Waals surface area contributed by atoms with E-state index in [1.807, 2.05) is 37.3 Å². The lowest BCUT2D eigenvalue weighted by Crippen LogP contribution is -2.50. The van der Waals surface area contributed by atoms with Crippen LogP contribution in [0.2, 0.25) is 0 Å². The highest BCUT2D eigenvalue weighted by Gasteiger charge is 2.40. The van der Waals surface area contributed by atoms with Crippen LogP contribution in [0.4, 0.5) is 4.79 Å². The van der Waals surface area contributed by atoms with E-state index in [-0.39, 0.29) is 18.0 Å². The number of nitrogens with one attached hydrogen (secondary N) is 2. The van der Waals surface area contributed by atoms with E-state index in [9.17, 15) is 9.59 Å². The summed E-state index contributed by atoms with van der Waals surface area (Å²) in [5.74, 6) is 0.552. The molecule has 1 fully saturated rings. The maximum absolute atomic E-state index is 12.4. The quantitative estimate of drug-likeness (QED) is 0.729. The Balaban J connectivity index is 2.01. The van der Waals surface area contributed by atoms with Crippen molar-refractivity contribution in [1.82, 2.24) is 15.5 Å². The fraction of sp³-hybridized carbons (Fsp3) is 0.529. The van der Waals surface area contributed by atoms with Gasteiger partial charge in [-0.3, -0.25) is 4.79 Å². The number of nitrogens with zero attached hydrogens (tertiary/aromatic N) is 1. The standard InChI is InChI=1S/C17H25N3O4/c1-3-18-17(22)20-12-14(24-13-7-5-4-6-8-13)11-15(20)16(21)19-9-10-23-2/h4-8,14-15H,3,9-12H2,1-2H3,(H,18,22)(H,19,21)/t14-,15+/m0/s1. The van der Waals surface area contributed by atoms with Gasteiger partial charge in [-0.2, -0.15) is 0 Å². The summed E-state index contributed by atoms with van der Waals surface area (Å²) in [7, 11) is 1.58. The number of para-hydroxylation sites is 1. The predicted molar refractivity (Wildman–Crippen MR) is 89.9 cm³/mol. The molecule has 2 rings (SSSR count). The third kappa shape index (κ3) is 4.86. The zero-order valence-corrected chi connectivity index (χ0v) is 14.2. The summed E-state index contributed by atoms with van der Waals surface area (Å²) in [6, 6.07) is 8.63. The SMILES string of the molecule is CCNC(=O)N1C[C@@H](Oc2ccccc2)C[C@@H]1C(=O)NCCOC. The predicted octanol–water partition coefficient (Wildman–Crippen LogP) is 1.00. The zero-order valence-electron chi connectivity index (χ0n) is 14.2. The molecule has 0 aliphatic carbocycles. The molecule has 1 aliphatic rings. The first-order valence-electron chi connectivity index (χ1n) is 8.18. The molecule has 3 amide bonds. The van der Waals surface area contributed by atoms with Crippen molar-refractivity contribution < 1.29 is 19.1 Å². The van der Waals surface area contributed by atoms with Crippen molar-refractivity contribution in [2.24, 2.45) is 0 Å². The average molecular weight is 335 g/mol.